The van der Waals surface area contributed by atoms with Gasteiger partial charge in [0, 0.05) is 12.3 Å². The van der Waals surface area contributed by atoms with Crippen LogP contribution >= 0.6 is 0 Å². The molecule has 0 aliphatic rings. The van der Waals surface area contributed by atoms with E-state index in [9.17, 15) is 0 Å². The summed E-state index contributed by atoms with van der Waals surface area (Å²) in [6.07, 6.45) is 4.21. The van der Waals surface area contributed by atoms with E-state index in [-0.39, 0.29) is 0 Å². The van der Waals surface area contributed by atoms with E-state index in [1.165, 1.54) is 0 Å². The minimum Gasteiger partial charge on any atom is -0.352 e. The predicted molar refractivity (Wildman–Crippen MR) is 38.6 cm³/mol. The van der Waals surface area contributed by atoms with Crippen LogP contribution in [-0.4, -0.2) is 10.1 Å². The minimum atomic E-state index is 0.714. The van der Waals surface area contributed by atoms with Crippen LogP contribution in [0.2, 0.25) is 0 Å². The van der Waals surface area contributed by atoms with Crippen LogP contribution in [0.25, 0.3) is 11.4 Å². The molecule has 2 aromatic heterocycles. The van der Waals surface area contributed by atoms with Crippen molar-refractivity contribution in [3.8, 4) is 11.4 Å². The zero-order valence-electron chi connectivity index (χ0n) is 5.69. The number of aromatic nitrogens is 2. The van der Waals surface area contributed by atoms with Gasteiger partial charge in [0.25, 0.3) is 0 Å². The number of hydrogen-bond donors (Lipinski definition) is 0. The van der Waals surface area contributed by atoms with Gasteiger partial charge in [-0.2, -0.15) is 0 Å². The van der Waals surface area contributed by atoms with E-state index in [1.54, 1.807) is 12.3 Å². The molecule has 0 saturated carbocycles. The first-order valence-electron chi connectivity index (χ1n) is 3.21. The summed E-state index contributed by atoms with van der Waals surface area (Å²) in [4.78, 5) is 4.08. The second-order valence-corrected chi connectivity index (χ2v) is 2.04. The van der Waals surface area contributed by atoms with Crippen LogP contribution < -0.4 is 0 Å². The van der Waals surface area contributed by atoms with E-state index in [4.69, 9.17) is 0 Å². The topological polar surface area (TPSA) is 38.9 Å². The number of pyridine rings is 1. The fraction of sp³-hybridized carbons (Fsp3) is 0. The van der Waals surface area contributed by atoms with Crippen LogP contribution in [0.1, 0.15) is 0 Å². The summed E-state index contributed by atoms with van der Waals surface area (Å²) in [5, 5.41) is 3.69. The molecular weight excluding hydrogens is 140 g/mol. The first kappa shape index (κ1) is 6.09. The van der Waals surface area contributed by atoms with E-state index in [0.717, 1.165) is 5.69 Å². The number of nitrogens with zero attached hydrogens (tertiary/aromatic N) is 2. The van der Waals surface area contributed by atoms with Gasteiger partial charge in [0.05, 0.1) is 5.69 Å². The van der Waals surface area contributed by atoms with Gasteiger partial charge < -0.3 is 4.52 Å². The third-order valence-electron chi connectivity index (χ3n) is 1.32. The highest BCUT2D eigenvalue weighted by molar-refractivity contribution is 5.51. The molecule has 0 amide bonds. The van der Waals surface area contributed by atoms with Crippen LogP contribution in [0, 0.1) is 6.26 Å². The molecule has 2 heterocycles. The lowest BCUT2D eigenvalue weighted by atomic mass is 10.3. The summed E-state index contributed by atoms with van der Waals surface area (Å²) < 4.78 is 4.55. The van der Waals surface area contributed by atoms with Gasteiger partial charge in [-0.1, -0.05) is 11.2 Å². The maximum absolute atomic E-state index is 4.55. The largest absolute Gasteiger partial charge is 0.352 e. The van der Waals surface area contributed by atoms with Crippen molar-refractivity contribution in [3.05, 3.63) is 36.7 Å². The summed E-state index contributed by atoms with van der Waals surface area (Å²) >= 11 is 0. The lowest BCUT2D eigenvalue weighted by molar-refractivity contribution is 0.415. The Morgan fingerprint density at radius 1 is 1.27 bits per heavy atom. The molecule has 0 unspecified atom stereocenters. The van der Waals surface area contributed by atoms with Crippen LogP contribution in [0.15, 0.2) is 35.0 Å². The summed E-state index contributed by atoms with van der Waals surface area (Å²) in [7, 11) is 0. The van der Waals surface area contributed by atoms with Crippen LogP contribution in [-0.2, 0) is 0 Å². The Balaban J connectivity index is 2.46. The maximum atomic E-state index is 4.55. The van der Waals surface area contributed by atoms with Crippen molar-refractivity contribution >= 4 is 0 Å². The molecule has 0 aromatic carbocycles. The molecule has 2 rings (SSSR count). The molecule has 53 valence electrons. The molecule has 0 saturated heterocycles. The zero-order valence-corrected chi connectivity index (χ0v) is 5.69. The summed E-state index contributed by atoms with van der Waals surface area (Å²) in [5.74, 6) is 0. The van der Waals surface area contributed by atoms with Gasteiger partial charge >= 0.3 is 0 Å². The highest BCUT2D eigenvalue weighted by atomic mass is 16.5. The molecule has 0 spiro atoms. The highest BCUT2D eigenvalue weighted by Crippen LogP contribution is 2.11. The Morgan fingerprint density at radius 3 is 2.91 bits per heavy atom. The molecule has 11 heavy (non-hydrogen) atoms. The Labute approximate surface area is 63.7 Å². The smallest absolute Gasteiger partial charge is 0.205 e. The molecule has 0 N–H and O–H groups in total. The fourth-order valence-corrected chi connectivity index (χ4v) is 0.819. The lowest BCUT2D eigenvalue weighted by Gasteiger charge is -1.89. The molecule has 0 atom stereocenters. The van der Waals surface area contributed by atoms with E-state index in [1.807, 2.05) is 18.2 Å². The lowest BCUT2D eigenvalue weighted by Crippen LogP contribution is -1.79. The monoisotopic (exact) mass is 145 g/mol. The van der Waals surface area contributed by atoms with Gasteiger partial charge in [0.15, 0.2) is 0 Å². The second kappa shape index (κ2) is 2.54. The van der Waals surface area contributed by atoms with Crippen LogP contribution in [0.5, 0.6) is 0 Å². The van der Waals surface area contributed by atoms with Crippen molar-refractivity contribution in [2.45, 2.75) is 0 Å². The van der Waals surface area contributed by atoms with Crippen molar-refractivity contribution in [2.24, 2.45) is 0 Å². The molecule has 0 bridgehead atoms. The van der Waals surface area contributed by atoms with Gasteiger partial charge in [-0.15, -0.1) is 0 Å². The van der Waals surface area contributed by atoms with Crippen molar-refractivity contribution in [1.29, 1.82) is 0 Å². The Morgan fingerprint density at radius 2 is 2.27 bits per heavy atom. The first-order valence-corrected chi connectivity index (χ1v) is 3.21. The molecular formula is C8H5N2O. The van der Waals surface area contributed by atoms with Crippen LogP contribution in [0.3, 0.4) is 0 Å². The van der Waals surface area contributed by atoms with Crippen molar-refractivity contribution < 1.29 is 4.52 Å². The number of rotatable bonds is 1. The van der Waals surface area contributed by atoms with Gasteiger partial charge in [-0.25, -0.2) is 0 Å². The Bertz CT molecular complexity index is 315. The zero-order chi connectivity index (χ0) is 7.52. The molecule has 3 nitrogen and oxygen atoms in total. The molecule has 1 radical (unpaired) electrons. The first-order chi connectivity index (χ1) is 5.47. The van der Waals surface area contributed by atoms with Gasteiger partial charge in [0.1, 0.15) is 5.69 Å². The summed E-state index contributed by atoms with van der Waals surface area (Å²) in [5.41, 5.74) is 1.52. The third-order valence-corrected chi connectivity index (χ3v) is 1.32. The van der Waals surface area contributed by atoms with E-state index in [0.29, 0.717) is 5.69 Å². The van der Waals surface area contributed by atoms with E-state index < -0.39 is 0 Å². The van der Waals surface area contributed by atoms with Crippen molar-refractivity contribution in [1.82, 2.24) is 10.1 Å². The molecule has 0 fully saturated rings. The normalized spacial score (nSPS) is 9.82. The maximum Gasteiger partial charge on any atom is 0.205 e. The second-order valence-electron chi connectivity index (χ2n) is 2.04. The Kier molecular flexibility index (Phi) is 1.41. The average molecular weight is 145 g/mol. The molecule has 2 aromatic rings. The van der Waals surface area contributed by atoms with E-state index in [2.05, 4.69) is 20.9 Å². The van der Waals surface area contributed by atoms with Gasteiger partial charge in [0.2, 0.25) is 6.26 Å². The third kappa shape index (κ3) is 1.12. The van der Waals surface area contributed by atoms with Crippen LogP contribution in [0.4, 0.5) is 0 Å². The molecule has 3 heteroatoms. The Hall–Kier alpha value is -1.64. The van der Waals surface area contributed by atoms with E-state index >= 15 is 0 Å². The van der Waals surface area contributed by atoms with Crippen molar-refractivity contribution in [3.63, 3.8) is 0 Å². The molecule has 0 aliphatic carbocycles. The fourth-order valence-electron chi connectivity index (χ4n) is 0.819. The standard InChI is InChI=1S/C8H5N2O/c1-2-5-9-7(3-1)8-4-6-11-10-8/h1-5H. The highest BCUT2D eigenvalue weighted by Gasteiger charge is 1.99. The van der Waals surface area contributed by atoms with Crippen molar-refractivity contribution in [2.75, 3.05) is 0 Å². The summed E-state index contributed by atoms with van der Waals surface area (Å²) in [6.45, 7) is 0. The SMILES string of the molecule is [c]1cc(-c2ccccn2)no1. The summed E-state index contributed by atoms with van der Waals surface area (Å²) in [6, 6.07) is 7.28. The number of hydrogen-bond acceptors (Lipinski definition) is 3. The minimum absolute atomic E-state index is 0.714. The van der Waals surface area contributed by atoms with Gasteiger partial charge in [-0.3, -0.25) is 4.98 Å². The quantitative estimate of drug-likeness (QED) is 0.610. The molecule has 0 aliphatic heterocycles. The average Bonchev–Trinajstić information content (AvgIpc) is 2.58. The predicted octanol–water partition coefficient (Wildman–Crippen LogP) is 1.54. The van der Waals surface area contributed by atoms with Gasteiger partial charge in [-0.05, 0) is 12.1 Å².